The molecule has 1 aliphatic rings. The van der Waals surface area contributed by atoms with Crippen molar-refractivity contribution in [2.75, 3.05) is 53.2 Å². The van der Waals surface area contributed by atoms with Gasteiger partial charge in [0.2, 0.25) is 0 Å². The zero-order valence-electron chi connectivity index (χ0n) is 9.78. The van der Waals surface area contributed by atoms with Crippen LogP contribution in [0.1, 0.15) is 0 Å². The third kappa shape index (κ3) is 4.89. The molecule has 0 aromatic carbocycles. The molecule has 0 aliphatic carbocycles. The molecule has 0 bridgehead atoms. The monoisotopic (exact) mass is 231 g/mol. The predicted octanol–water partition coefficient (Wildman–Crippen LogP) is -0.714. The fourth-order valence-electron chi connectivity index (χ4n) is 1.53. The van der Waals surface area contributed by atoms with Crippen LogP contribution in [0.5, 0.6) is 0 Å². The molecule has 0 amide bonds. The van der Waals surface area contributed by atoms with E-state index in [0.717, 1.165) is 13.1 Å². The zero-order chi connectivity index (χ0) is 11.8. The normalized spacial score (nSPS) is 22.2. The van der Waals surface area contributed by atoms with E-state index in [4.69, 9.17) is 25.4 Å². The highest BCUT2D eigenvalue weighted by Crippen LogP contribution is 2.04. The Kier molecular flexibility index (Phi) is 6.32. The molecule has 1 aliphatic heterocycles. The minimum Gasteiger partial charge on any atom is -0.385 e. The molecule has 0 spiro atoms. The Morgan fingerprint density at radius 3 is 3.00 bits per heavy atom. The molecule has 1 heterocycles. The van der Waals surface area contributed by atoms with E-state index in [1.54, 1.807) is 7.11 Å². The van der Waals surface area contributed by atoms with Crippen molar-refractivity contribution in [1.82, 2.24) is 4.90 Å². The number of morpholine rings is 1. The van der Waals surface area contributed by atoms with E-state index in [0.29, 0.717) is 33.0 Å². The molecule has 6 heteroatoms. The summed E-state index contributed by atoms with van der Waals surface area (Å²) in [4.78, 5) is 2.20. The minimum absolute atomic E-state index is 0.102. The van der Waals surface area contributed by atoms with Gasteiger partial charge in [-0.3, -0.25) is 10.3 Å². The Morgan fingerprint density at radius 2 is 2.31 bits per heavy atom. The molecule has 1 fully saturated rings. The van der Waals surface area contributed by atoms with Crippen molar-refractivity contribution in [3.63, 3.8) is 0 Å². The van der Waals surface area contributed by atoms with E-state index in [2.05, 4.69) is 4.90 Å². The maximum Gasteiger partial charge on any atom is 0.127 e. The number of nitrogens with one attached hydrogen (secondary N) is 1. The lowest BCUT2D eigenvalue weighted by atomic mass is 10.2. The van der Waals surface area contributed by atoms with Crippen LogP contribution in [-0.2, 0) is 14.2 Å². The van der Waals surface area contributed by atoms with Crippen LogP contribution < -0.4 is 5.73 Å². The minimum atomic E-state index is -0.257. The van der Waals surface area contributed by atoms with Crippen molar-refractivity contribution >= 4 is 5.84 Å². The van der Waals surface area contributed by atoms with Crippen LogP contribution in [0.4, 0.5) is 0 Å². The largest absolute Gasteiger partial charge is 0.385 e. The lowest BCUT2D eigenvalue weighted by molar-refractivity contribution is -0.00987. The van der Waals surface area contributed by atoms with Crippen LogP contribution in [0.25, 0.3) is 0 Å². The maximum atomic E-state index is 7.33. The third-order valence-electron chi connectivity index (χ3n) is 2.48. The number of nitrogens with two attached hydrogens (primary N) is 1. The quantitative estimate of drug-likeness (QED) is 0.343. The highest BCUT2D eigenvalue weighted by Gasteiger charge is 2.21. The molecule has 3 N–H and O–H groups in total. The zero-order valence-corrected chi connectivity index (χ0v) is 9.78. The molecule has 1 unspecified atom stereocenters. The molecule has 1 rings (SSSR count). The van der Waals surface area contributed by atoms with Crippen molar-refractivity contribution < 1.29 is 14.2 Å². The number of rotatable bonds is 7. The second kappa shape index (κ2) is 7.56. The number of methoxy groups -OCH3 is 1. The summed E-state index contributed by atoms with van der Waals surface area (Å²) in [7, 11) is 1.66. The SMILES string of the molecule is COCCOCCN1CCOC(C(=N)N)C1. The van der Waals surface area contributed by atoms with E-state index < -0.39 is 0 Å². The van der Waals surface area contributed by atoms with Gasteiger partial charge in [-0.25, -0.2) is 0 Å². The molecule has 1 atom stereocenters. The molecular weight excluding hydrogens is 210 g/mol. The lowest BCUT2D eigenvalue weighted by Gasteiger charge is -2.32. The number of amidine groups is 1. The molecule has 6 nitrogen and oxygen atoms in total. The molecular formula is C10H21N3O3. The van der Waals surface area contributed by atoms with Gasteiger partial charge in [0.15, 0.2) is 0 Å². The van der Waals surface area contributed by atoms with Gasteiger partial charge in [-0.1, -0.05) is 0 Å². The van der Waals surface area contributed by atoms with Gasteiger partial charge >= 0.3 is 0 Å². The fourth-order valence-corrected chi connectivity index (χ4v) is 1.53. The number of hydrogen-bond acceptors (Lipinski definition) is 5. The van der Waals surface area contributed by atoms with Gasteiger partial charge in [0.05, 0.1) is 26.4 Å². The van der Waals surface area contributed by atoms with Gasteiger partial charge < -0.3 is 19.9 Å². The summed E-state index contributed by atoms with van der Waals surface area (Å²) in [5.41, 5.74) is 5.41. The number of ether oxygens (including phenoxy) is 3. The summed E-state index contributed by atoms with van der Waals surface area (Å²) in [5, 5.41) is 7.33. The van der Waals surface area contributed by atoms with Crippen molar-refractivity contribution in [3.8, 4) is 0 Å². The lowest BCUT2D eigenvalue weighted by Crippen LogP contribution is -2.48. The highest BCUT2D eigenvalue weighted by atomic mass is 16.5. The Balaban J connectivity index is 2.10. The van der Waals surface area contributed by atoms with Crippen LogP contribution in [0.15, 0.2) is 0 Å². The number of hydrogen-bond donors (Lipinski definition) is 2. The Morgan fingerprint density at radius 1 is 1.50 bits per heavy atom. The predicted molar refractivity (Wildman–Crippen MR) is 60.8 cm³/mol. The van der Waals surface area contributed by atoms with E-state index in [9.17, 15) is 0 Å². The summed E-state index contributed by atoms with van der Waals surface area (Å²) in [6, 6.07) is 0. The molecule has 0 aromatic rings. The third-order valence-corrected chi connectivity index (χ3v) is 2.48. The fraction of sp³-hybridized carbons (Fsp3) is 0.900. The second-order valence-electron chi connectivity index (χ2n) is 3.72. The molecule has 1 saturated heterocycles. The number of nitrogens with zero attached hydrogens (tertiary/aromatic N) is 1. The van der Waals surface area contributed by atoms with E-state index in [-0.39, 0.29) is 11.9 Å². The van der Waals surface area contributed by atoms with Crippen LogP contribution in [0.3, 0.4) is 0 Å². The van der Waals surface area contributed by atoms with Crippen LogP contribution in [0.2, 0.25) is 0 Å². The average Bonchev–Trinajstić information content (AvgIpc) is 2.29. The molecule has 0 radical (unpaired) electrons. The Bertz CT molecular complexity index is 213. The van der Waals surface area contributed by atoms with Crippen molar-refractivity contribution in [3.05, 3.63) is 0 Å². The van der Waals surface area contributed by atoms with Crippen molar-refractivity contribution in [2.45, 2.75) is 6.10 Å². The standard InChI is InChI=1S/C10H21N3O3/c1-14-6-7-15-4-2-13-3-5-16-9(8-13)10(11)12/h9H,2-8H2,1H3,(H3,11,12). The van der Waals surface area contributed by atoms with Gasteiger partial charge in [-0.15, -0.1) is 0 Å². The van der Waals surface area contributed by atoms with E-state index in [1.807, 2.05) is 0 Å². The molecule has 94 valence electrons. The summed E-state index contributed by atoms with van der Waals surface area (Å²) < 4.78 is 15.6. The smallest absolute Gasteiger partial charge is 0.127 e. The second-order valence-corrected chi connectivity index (χ2v) is 3.72. The van der Waals surface area contributed by atoms with Gasteiger partial charge in [-0.2, -0.15) is 0 Å². The Hall–Kier alpha value is -0.690. The summed E-state index contributed by atoms with van der Waals surface area (Å²) in [6.45, 7) is 4.95. The van der Waals surface area contributed by atoms with Gasteiger partial charge in [0.25, 0.3) is 0 Å². The average molecular weight is 231 g/mol. The van der Waals surface area contributed by atoms with Gasteiger partial charge in [-0.05, 0) is 0 Å². The Labute approximate surface area is 96.1 Å². The maximum absolute atomic E-state index is 7.33. The summed E-state index contributed by atoms with van der Waals surface area (Å²) in [6.07, 6.45) is -0.257. The van der Waals surface area contributed by atoms with Crippen LogP contribution in [-0.4, -0.2) is 70.0 Å². The van der Waals surface area contributed by atoms with Gasteiger partial charge in [0, 0.05) is 26.7 Å². The van der Waals surface area contributed by atoms with Crippen molar-refractivity contribution in [2.24, 2.45) is 5.73 Å². The topological polar surface area (TPSA) is 80.8 Å². The highest BCUT2D eigenvalue weighted by molar-refractivity contribution is 5.82. The van der Waals surface area contributed by atoms with E-state index in [1.165, 1.54) is 0 Å². The van der Waals surface area contributed by atoms with E-state index >= 15 is 0 Å². The van der Waals surface area contributed by atoms with Crippen LogP contribution >= 0.6 is 0 Å². The molecule has 0 saturated carbocycles. The van der Waals surface area contributed by atoms with Gasteiger partial charge in [0.1, 0.15) is 11.9 Å². The summed E-state index contributed by atoms with van der Waals surface area (Å²) in [5.74, 6) is 0.102. The molecule has 16 heavy (non-hydrogen) atoms. The van der Waals surface area contributed by atoms with Crippen molar-refractivity contribution in [1.29, 1.82) is 5.41 Å². The summed E-state index contributed by atoms with van der Waals surface area (Å²) >= 11 is 0. The first-order chi connectivity index (χ1) is 7.74. The first kappa shape index (κ1) is 13.4. The first-order valence-corrected chi connectivity index (χ1v) is 5.48. The van der Waals surface area contributed by atoms with Crippen LogP contribution in [0, 0.1) is 5.41 Å². The first-order valence-electron chi connectivity index (χ1n) is 5.48. The molecule has 0 aromatic heterocycles.